The maximum atomic E-state index is 12.8. The van der Waals surface area contributed by atoms with Gasteiger partial charge in [0.25, 0.3) is 0 Å². The van der Waals surface area contributed by atoms with Crippen molar-refractivity contribution in [3.8, 4) is 0 Å². The van der Waals surface area contributed by atoms with Crippen LogP contribution in [-0.4, -0.2) is 40.6 Å². The number of piperidine rings is 1. The molecule has 0 aromatic rings. The van der Waals surface area contributed by atoms with E-state index in [1.165, 1.54) is 4.90 Å². The van der Waals surface area contributed by atoms with E-state index in [-0.39, 0.29) is 12.6 Å². The van der Waals surface area contributed by atoms with E-state index in [2.05, 4.69) is 0 Å². The number of aliphatic carboxylic acids is 1. The van der Waals surface area contributed by atoms with Crippen LogP contribution in [0.15, 0.2) is 0 Å². The number of carboxylic acid groups (broad SMARTS) is 1. The smallest absolute Gasteiger partial charge is 0.394 e. The lowest BCUT2D eigenvalue weighted by atomic mass is 9.86. The Hall–Kier alpha value is -1.27. The largest absolute Gasteiger partial charge is 0.481 e. The SMILES string of the molecule is CC1CCC(C(=O)O)CN1C(=O)CC(C)(C)C(F)(F)F. The molecule has 0 saturated carbocycles. The molecule has 0 bridgehead atoms. The third-order valence-corrected chi connectivity index (χ3v) is 3.91. The van der Waals surface area contributed by atoms with Gasteiger partial charge in [0, 0.05) is 19.0 Å². The minimum Gasteiger partial charge on any atom is -0.481 e. The van der Waals surface area contributed by atoms with Crippen LogP contribution in [0.25, 0.3) is 0 Å². The first-order valence-electron chi connectivity index (χ1n) is 6.54. The van der Waals surface area contributed by atoms with E-state index in [0.717, 1.165) is 13.8 Å². The van der Waals surface area contributed by atoms with Crippen molar-refractivity contribution in [1.82, 2.24) is 4.90 Å². The number of likely N-dealkylation sites (tertiary alicyclic amines) is 1. The first-order chi connectivity index (χ1) is 8.95. The summed E-state index contributed by atoms with van der Waals surface area (Å²) in [5.74, 6) is -2.33. The van der Waals surface area contributed by atoms with Gasteiger partial charge in [0.2, 0.25) is 5.91 Å². The van der Waals surface area contributed by atoms with E-state index >= 15 is 0 Å². The van der Waals surface area contributed by atoms with Crippen LogP contribution in [0.3, 0.4) is 0 Å². The molecule has 20 heavy (non-hydrogen) atoms. The molecule has 1 saturated heterocycles. The Balaban J connectivity index is 2.77. The van der Waals surface area contributed by atoms with E-state index in [9.17, 15) is 22.8 Å². The fourth-order valence-corrected chi connectivity index (χ4v) is 2.24. The van der Waals surface area contributed by atoms with Crippen LogP contribution < -0.4 is 0 Å². The summed E-state index contributed by atoms with van der Waals surface area (Å²) in [5, 5.41) is 8.97. The summed E-state index contributed by atoms with van der Waals surface area (Å²) in [6, 6.07) is -0.220. The lowest BCUT2D eigenvalue weighted by molar-refractivity contribution is -0.215. The number of halogens is 3. The molecule has 0 aliphatic carbocycles. The molecule has 0 radical (unpaired) electrons. The predicted molar refractivity (Wildman–Crippen MR) is 66.0 cm³/mol. The standard InChI is InChI=1S/C13H20F3NO3/c1-8-4-5-9(11(19)20)7-17(8)10(18)6-12(2,3)13(14,15)16/h8-9H,4-7H2,1-3H3,(H,19,20). The molecule has 0 spiro atoms. The maximum absolute atomic E-state index is 12.8. The van der Waals surface area contributed by atoms with Gasteiger partial charge in [-0.2, -0.15) is 13.2 Å². The van der Waals surface area contributed by atoms with Crippen LogP contribution in [0.1, 0.15) is 40.0 Å². The monoisotopic (exact) mass is 295 g/mol. The van der Waals surface area contributed by atoms with Gasteiger partial charge in [0.05, 0.1) is 11.3 Å². The summed E-state index contributed by atoms with van der Waals surface area (Å²) in [6.45, 7) is 3.68. The van der Waals surface area contributed by atoms with E-state index in [1.807, 2.05) is 0 Å². The molecule has 1 amide bonds. The number of carbonyl (C=O) groups excluding carboxylic acids is 1. The average molecular weight is 295 g/mol. The summed E-state index contributed by atoms with van der Waals surface area (Å²) >= 11 is 0. The molecule has 2 atom stereocenters. The van der Waals surface area contributed by atoms with Gasteiger partial charge in [-0.15, -0.1) is 0 Å². The highest BCUT2D eigenvalue weighted by atomic mass is 19.4. The average Bonchev–Trinajstić information content (AvgIpc) is 2.26. The second kappa shape index (κ2) is 5.61. The molecule has 7 heteroatoms. The fraction of sp³-hybridized carbons (Fsp3) is 0.846. The zero-order valence-corrected chi connectivity index (χ0v) is 11.8. The van der Waals surface area contributed by atoms with Crippen molar-refractivity contribution in [3.05, 3.63) is 0 Å². The third kappa shape index (κ3) is 3.64. The van der Waals surface area contributed by atoms with E-state index in [1.54, 1.807) is 6.92 Å². The summed E-state index contributed by atoms with van der Waals surface area (Å²) in [5.41, 5.74) is -2.11. The van der Waals surface area contributed by atoms with Crippen molar-refractivity contribution < 1.29 is 27.9 Å². The topological polar surface area (TPSA) is 57.6 Å². The van der Waals surface area contributed by atoms with Gasteiger partial charge in [-0.25, -0.2) is 0 Å². The molecule has 0 aromatic heterocycles. The van der Waals surface area contributed by atoms with Gasteiger partial charge in [0.15, 0.2) is 0 Å². The minimum absolute atomic E-state index is 0.0106. The Labute approximate surface area is 115 Å². The highest BCUT2D eigenvalue weighted by molar-refractivity contribution is 5.79. The highest BCUT2D eigenvalue weighted by Crippen LogP contribution is 2.41. The number of alkyl halides is 3. The molecule has 1 heterocycles. The Bertz CT molecular complexity index is 393. The van der Waals surface area contributed by atoms with Crippen molar-refractivity contribution in [2.45, 2.75) is 52.3 Å². The van der Waals surface area contributed by atoms with Gasteiger partial charge in [-0.05, 0) is 19.8 Å². The number of hydrogen-bond acceptors (Lipinski definition) is 2. The molecule has 1 aliphatic rings. The Kier molecular flexibility index (Phi) is 4.71. The van der Waals surface area contributed by atoms with Crippen LogP contribution in [0, 0.1) is 11.3 Å². The first-order valence-corrected chi connectivity index (χ1v) is 6.54. The quantitative estimate of drug-likeness (QED) is 0.871. The lowest BCUT2D eigenvalue weighted by Crippen LogP contribution is -2.49. The van der Waals surface area contributed by atoms with Crippen LogP contribution >= 0.6 is 0 Å². The molecule has 1 aliphatic heterocycles. The zero-order valence-electron chi connectivity index (χ0n) is 11.8. The molecule has 1 rings (SSSR count). The molecule has 1 N–H and O–H groups in total. The Morgan fingerprint density at radius 3 is 2.25 bits per heavy atom. The number of carboxylic acids is 1. The van der Waals surface area contributed by atoms with Crippen LogP contribution in [0.5, 0.6) is 0 Å². The lowest BCUT2D eigenvalue weighted by Gasteiger charge is -2.38. The molecule has 4 nitrogen and oxygen atoms in total. The van der Waals surface area contributed by atoms with Crippen LogP contribution in [0.4, 0.5) is 13.2 Å². The second-order valence-electron chi connectivity index (χ2n) is 6.07. The summed E-state index contributed by atoms with van der Waals surface area (Å²) in [7, 11) is 0. The molecule has 2 unspecified atom stereocenters. The van der Waals surface area contributed by atoms with Gasteiger partial charge < -0.3 is 10.0 Å². The van der Waals surface area contributed by atoms with Crippen molar-refractivity contribution in [3.63, 3.8) is 0 Å². The third-order valence-electron chi connectivity index (χ3n) is 3.91. The van der Waals surface area contributed by atoms with Crippen molar-refractivity contribution >= 4 is 11.9 Å². The Morgan fingerprint density at radius 2 is 1.80 bits per heavy atom. The normalized spacial score (nSPS) is 24.6. The van der Waals surface area contributed by atoms with Crippen molar-refractivity contribution in [2.75, 3.05) is 6.54 Å². The molecular formula is C13H20F3NO3. The summed E-state index contributed by atoms with van der Waals surface area (Å²) < 4.78 is 38.4. The molecular weight excluding hydrogens is 275 g/mol. The number of hydrogen-bond donors (Lipinski definition) is 1. The summed E-state index contributed by atoms with van der Waals surface area (Å²) in [6.07, 6.45) is -4.18. The van der Waals surface area contributed by atoms with Crippen molar-refractivity contribution in [1.29, 1.82) is 0 Å². The summed E-state index contributed by atoms with van der Waals surface area (Å²) in [4.78, 5) is 24.3. The van der Waals surface area contributed by atoms with Gasteiger partial charge >= 0.3 is 12.1 Å². The Morgan fingerprint density at radius 1 is 1.25 bits per heavy atom. The molecule has 116 valence electrons. The van der Waals surface area contributed by atoms with Gasteiger partial charge in [-0.1, -0.05) is 13.8 Å². The molecule has 0 aromatic carbocycles. The van der Waals surface area contributed by atoms with E-state index in [4.69, 9.17) is 5.11 Å². The van der Waals surface area contributed by atoms with E-state index in [0.29, 0.717) is 12.8 Å². The van der Waals surface area contributed by atoms with E-state index < -0.39 is 35.8 Å². The highest BCUT2D eigenvalue weighted by Gasteiger charge is 2.49. The fourth-order valence-electron chi connectivity index (χ4n) is 2.24. The molecule has 1 fully saturated rings. The predicted octanol–water partition coefficient (Wildman–Crippen LogP) is 2.68. The van der Waals surface area contributed by atoms with Crippen LogP contribution in [0.2, 0.25) is 0 Å². The second-order valence-corrected chi connectivity index (χ2v) is 6.07. The minimum atomic E-state index is -4.46. The van der Waals surface area contributed by atoms with Gasteiger partial charge in [-0.3, -0.25) is 9.59 Å². The zero-order chi connectivity index (χ0) is 15.7. The maximum Gasteiger partial charge on any atom is 0.394 e. The van der Waals surface area contributed by atoms with Crippen LogP contribution in [-0.2, 0) is 9.59 Å². The number of nitrogens with zero attached hydrogens (tertiary/aromatic N) is 1. The van der Waals surface area contributed by atoms with Gasteiger partial charge in [0.1, 0.15) is 0 Å². The number of amides is 1. The van der Waals surface area contributed by atoms with Crippen molar-refractivity contribution in [2.24, 2.45) is 11.3 Å². The first kappa shape index (κ1) is 16.8. The number of rotatable bonds is 3. The number of carbonyl (C=O) groups is 2.